The largest absolute Gasteiger partial charge is 0.399 e. The third-order valence-electron chi connectivity index (χ3n) is 3.70. The minimum atomic E-state index is -0.147. The van der Waals surface area contributed by atoms with E-state index in [-0.39, 0.29) is 5.91 Å². The topological polar surface area (TPSA) is 68.0 Å². The Balaban J connectivity index is 1.77. The highest BCUT2D eigenvalue weighted by atomic mass is 32.1. The van der Waals surface area contributed by atoms with Gasteiger partial charge in [0.15, 0.2) is 5.13 Å². The Morgan fingerprint density at radius 1 is 1.09 bits per heavy atom. The lowest BCUT2D eigenvalue weighted by atomic mass is 10.1. The normalized spacial score (nSPS) is 10.5. The van der Waals surface area contributed by atoms with E-state index < -0.39 is 0 Å². The quantitative estimate of drug-likeness (QED) is 0.708. The van der Waals surface area contributed by atoms with Gasteiger partial charge in [0.25, 0.3) is 5.91 Å². The molecule has 0 bridgehead atoms. The molecule has 0 aliphatic carbocycles. The number of hydrogen-bond acceptors (Lipinski definition) is 4. The van der Waals surface area contributed by atoms with Crippen LogP contribution in [0.2, 0.25) is 0 Å². The number of nitrogen functional groups attached to an aromatic ring is 1. The number of aromatic nitrogens is 1. The molecule has 4 nitrogen and oxygen atoms in total. The van der Waals surface area contributed by atoms with Crippen LogP contribution in [0.25, 0.3) is 11.3 Å². The first kappa shape index (κ1) is 15.2. The number of nitrogens with zero attached hydrogens (tertiary/aromatic N) is 1. The maximum absolute atomic E-state index is 12.3. The number of nitrogens with two attached hydrogens (primary N) is 1. The van der Waals surface area contributed by atoms with Gasteiger partial charge >= 0.3 is 0 Å². The third kappa shape index (κ3) is 3.40. The van der Waals surface area contributed by atoms with Gasteiger partial charge in [-0.2, -0.15) is 0 Å². The number of anilines is 2. The summed E-state index contributed by atoms with van der Waals surface area (Å²) in [5.41, 5.74) is 11.1. The maximum atomic E-state index is 12.3. The van der Waals surface area contributed by atoms with Gasteiger partial charge in [-0.3, -0.25) is 10.1 Å². The van der Waals surface area contributed by atoms with E-state index in [9.17, 15) is 4.79 Å². The van der Waals surface area contributed by atoms with Crippen LogP contribution in [0.4, 0.5) is 10.8 Å². The van der Waals surface area contributed by atoms with Crippen molar-refractivity contribution in [2.45, 2.75) is 13.8 Å². The van der Waals surface area contributed by atoms with Gasteiger partial charge in [0.05, 0.1) is 5.69 Å². The Labute approximate surface area is 139 Å². The van der Waals surface area contributed by atoms with Crippen molar-refractivity contribution >= 4 is 28.1 Å². The fraction of sp³-hybridized carbons (Fsp3) is 0.111. The molecule has 1 amide bonds. The fourth-order valence-electron chi connectivity index (χ4n) is 2.17. The number of amides is 1. The van der Waals surface area contributed by atoms with E-state index >= 15 is 0 Å². The first-order chi connectivity index (χ1) is 11.0. The number of thiazole rings is 1. The van der Waals surface area contributed by atoms with Crippen LogP contribution < -0.4 is 11.1 Å². The van der Waals surface area contributed by atoms with E-state index in [0.29, 0.717) is 16.4 Å². The molecule has 0 atom stereocenters. The molecule has 3 rings (SSSR count). The lowest BCUT2D eigenvalue weighted by Gasteiger charge is -2.05. The Kier molecular flexibility index (Phi) is 4.12. The molecule has 0 saturated carbocycles. The number of carbonyl (C=O) groups excluding carboxylic acids is 1. The fourth-order valence-corrected chi connectivity index (χ4v) is 2.88. The second-order valence-electron chi connectivity index (χ2n) is 5.41. The molecule has 3 aromatic rings. The Morgan fingerprint density at radius 2 is 1.83 bits per heavy atom. The molecule has 1 aromatic heterocycles. The average molecular weight is 323 g/mol. The molecule has 0 unspecified atom stereocenters. The minimum absolute atomic E-state index is 0.147. The second kappa shape index (κ2) is 6.22. The lowest BCUT2D eigenvalue weighted by Crippen LogP contribution is -2.12. The number of carbonyl (C=O) groups is 1. The average Bonchev–Trinajstić information content (AvgIpc) is 2.99. The zero-order valence-electron chi connectivity index (χ0n) is 13.0. The molecule has 2 aromatic carbocycles. The van der Waals surface area contributed by atoms with E-state index in [1.165, 1.54) is 16.9 Å². The van der Waals surface area contributed by atoms with Crippen molar-refractivity contribution in [3.05, 3.63) is 64.5 Å². The molecule has 0 aliphatic rings. The maximum Gasteiger partial charge on any atom is 0.257 e. The van der Waals surface area contributed by atoms with Crippen LogP contribution in [0, 0.1) is 13.8 Å². The smallest absolute Gasteiger partial charge is 0.257 e. The van der Waals surface area contributed by atoms with E-state index in [4.69, 9.17) is 5.73 Å². The predicted molar refractivity (Wildman–Crippen MR) is 95.8 cm³/mol. The van der Waals surface area contributed by atoms with Crippen molar-refractivity contribution in [2.24, 2.45) is 0 Å². The summed E-state index contributed by atoms with van der Waals surface area (Å²) in [6.07, 6.45) is 0. The Bertz CT molecular complexity index is 853. The van der Waals surface area contributed by atoms with Gasteiger partial charge in [0.1, 0.15) is 0 Å². The lowest BCUT2D eigenvalue weighted by molar-refractivity contribution is 0.102. The van der Waals surface area contributed by atoms with E-state index in [1.54, 1.807) is 0 Å². The Morgan fingerprint density at radius 3 is 2.52 bits per heavy atom. The van der Waals surface area contributed by atoms with Crippen LogP contribution in [0.15, 0.2) is 47.8 Å². The van der Waals surface area contributed by atoms with Crippen molar-refractivity contribution < 1.29 is 4.79 Å². The van der Waals surface area contributed by atoms with Gasteiger partial charge in [-0.25, -0.2) is 4.98 Å². The molecule has 23 heavy (non-hydrogen) atoms. The zero-order chi connectivity index (χ0) is 16.4. The van der Waals surface area contributed by atoms with Crippen molar-refractivity contribution in [1.82, 2.24) is 4.98 Å². The van der Waals surface area contributed by atoms with Crippen LogP contribution in [-0.2, 0) is 0 Å². The van der Waals surface area contributed by atoms with Crippen molar-refractivity contribution in [3.8, 4) is 11.3 Å². The second-order valence-corrected chi connectivity index (χ2v) is 6.27. The van der Waals surface area contributed by atoms with Crippen LogP contribution in [-0.4, -0.2) is 10.9 Å². The number of rotatable bonds is 3. The highest BCUT2D eigenvalue weighted by Crippen LogP contribution is 2.26. The third-order valence-corrected chi connectivity index (χ3v) is 4.46. The van der Waals surface area contributed by atoms with Gasteiger partial charge in [-0.05, 0) is 49.2 Å². The molecule has 1 heterocycles. The van der Waals surface area contributed by atoms with Crippen LogP contribution in [0.3, 0.4) is 0 Å². The monoisotopic (exact) mass is 323 g/mol. The molecule has 0 saturated heterocycles. The first-order valence-corrected chi connectivity index (χ1v) is 8.11. The van der Waals surface area contributed by atoms with Gasteiger partial charge in [-0.15, -0.1) is 11.3 Å². The summed E-state index contributed by atoms with van der Waals surface area (Å²) >= 11 is 1.40. The predicted octanol–water partition coefficient (Wildman–Crippen LogP) is 4.26. The van der Waals surface area contributed by atoms with Crippen molar-refractivity contribution in [3.63, 3.8) is 0 Å². The van der Waals surface area contributed by atoms with E-state index in [2.05, 4.69) is 10.3 Å². The van der Waals surface area contributed by atoms with Gasteiger partial charge in [0.2, 0.25) is 0 Å². The van der Waals surface area contributed by atoms with Crippen molar-refractivity contribution in [2.75, 3.05) is 11.1 Å². The molecular weight excluding hydrogens is 306 g/mol. The summed E-state index contributed by atoms with van der Waals surface area (Å²) in [5, 5.41) is 5.35. The molecule has 0 fully saturated rings. The SMILES string of the molecule is Cc1ccc(C(=O)Nc2nc(-c3ccc(N)cc3)cs2)cc1C. The van der Waals surface area contributed by atoms with Crippen LogP contribution >= 0.6 is 11.3 Å². The highest BCUT2D eigenvalue weighted by Gasteiger charge is 2.10. The van der Waals surface area contributed by atoms with Crippen molar-refractivity contribution in [1.29, 1.82) is 0 Å². The summed E-state index contributed by atoms with van der Waals surface area (Å²) in [5.74, 6) is -0.147. The van der Waals surface area contributed by atoms with Gasteiger partial charge in [-0.1, -0.05) is 18.2 Å². The molecule has 0 radical (unpaired) electrons. The van der Waals surface area contributed by atoms with Gasteiger partial charge in [0, 0.05) is 22.2 Å². The summed E-state index contributed by atoms with van der Waals surface area (Å²) in [4.78, 5) is 16.8. The summed E-state index contributed by atoms with van der Waals surface area (Å²) in [6.45, 7) is 4.02. The molecule has 5 heteroatoms. The number of nitrogens with one attached hydrogen (secondary N) is 1. The summed E-state index contributed by atoms with van der Waals surface area (Å²) < 4.78 is 0. The Hall–Kier alpha value is -2.66. The standard InChI is InChI=1S/C18H17N3OS/c1-11-3-4-14(9-12(11)2)17(22)21-18-20-16(10-23-18)13-5-7-15(19)8-6-13/h3-10H,19H2,1-2H3,(H,20,21,22). The van der Waals surface area contributed by atoms with Crippen LogP contribution in [0.1, 0.15) is 21.5 Å². The number of hydrogen-bond donors (Lipinski definition) is 2. The van der Waals surface area contributed by atoms with E-state index in [1.807, 2.05) is 61.7 Å². The van der Waals surface area contributed by atoms with E-state index in [0.717, 1.165) is 16.8 Å². The minimum Gasteiger partial charge on any atom is -0.399 e. The van der Waals surface area contributed by atoms with Gasteiger partial charge < -0.3 is 5.73 Å². The summed E-state index contributed by atoms with van der Waals surface area (Å²) in [6, 6.07) is 13.2. The molecule has 3 N–H and O–H groups in total. The highest BCUT2D eigenvalue weighted by molar-refractivity contribution is 7.14. The molecular formula is C18H17N3OS. The first-order valence-electron chi connectivity index (χ1n) is 7.23. The molecule has 0 spiro atoms. The zero-order valence-corrected chi connectivity index (χ0v) is 13.8. The number of aryl methyl sites for hydroxylation is 2. The summed E-state index contributed by atoms with van der Waals surface area (Å²) in [7, 11) is 0. The van der Waals surface area contributed by atoms with Crippen LogP contribution in [0.5, 0.6) is 0 Å². The molecule has 116 valence electrons. The molecule has 0 aliphatic heterocycles. The number of benzene rings is 2.